The largest absolute Gasteiger partial charge is 0.486 e. The van der Waals surface area contributed by atoms with Crippen LogP contribution in [0.25, 0.3) is 0 Å². The van der Waals surface area contributed by atoms with Gasteiger partial charge >= 0.3 is 13.9 Å². The van der Waals surface area contributed by atoms with Gasteiger partial charge in [-0.2, -0.15) is 10.1 Å². The van der Waals surface area contributed by atoms with Gasteiger partial charge in [-0.25, -0.2) is 17.8 Å². The fourth-order valence-corrected chi connectivity index (χ4v) is 11.9. The number of carbonyl (C=O) groups excluding carboxylic acids is 1. The highest BCUT2D eigenvalue weighted by Crippen LogP contribution is 2.47. The van der Waals surface area contributed by atoms with E-state index in [1.807, 2.05) is 18.2 Å². The van der Waals surface area contributed by atoms with E-state index in [0.717, 1.165) is 19.1 Å². The summed E-state index contributed by atoms with van der Waals surface area (Å²) < 4.78 is 47.4. The van der Waals surface area contributed by atoms with Gasteiger partial charge in [0.05, 0.1) is 23.3 Å². The van der Waals surface area contributed by atoms with Crippen LogP contribution in [-0.2, 0) is 30.0 Å². The molecule has 0 bridgehead atoms. The predicted octanol–water partition coefficient (Wildman–Crippen LogP) is 3.79. The van der Waals surface area contributed by atoms with Gasteiger partial charge in [-0.1, -0.05) is 93.3 Å². The zero-order chi connectivity index (χ0) is 36.4. The Labute approximate surface area is 295 Å². The third-order valence-electron chi connectivity index (χ3n) is 9.60. The maximum atomic E-state index is 13.1. The summed E-state index contributed by atoms with van der Waals surface area (Å²) in [5, 5.41) is 2.33. The summed E-state index contributed by atoms with van der Waals surface area (Å²) in [5.41, 5.74) is 3.18. The standard InChI is InChI=1S/C36H44N3O8PSSi/c1-34(2,3)50(31-15-8-6-9-16-31,32-17-10-7-11-18-32)46-28-36(20-21-36)19-13-12-14-29-24-30-26-38(33(40)39(30)25-29)23-22-35(4,49(5,44)45)27-37-47-48(41,42)43/h6-11,15-18,24-25,37H,20-23,26-28H2,1-5H3,(H2,41,42,43)/t35-/m1/s1. The summed E-state index contributed by atoms with van der Waals surface area (Å²) >= 11 is 0. The summed E-state index contributed by atoms with van der Waals surface area (Å²) in [7, 11) is -11.2. The van der Waals surface area contributed by atoms with Gasteiger partial charge in [0.2, 0.25) is 0 Å². The van der Waals surface area contributed by atoms with Gasteiger partial charge in [0.15, 0.2) is 9.84 Å². The lowest BCUT2D eigenvalue weighted by Gasteiger charge is -2.43. The maximum absolute atomic E-state index is 13.1. The van der Waals surface area contributed by atoms with E-state index in [1.54, 1.807) is 6.20 Å². The van der Waals surface area contributed by atoms with Crippen LogP contribution in [0.5, 0.6) is 0 Å². The highest BCUT2D eigenvalue weighted by Gasteiger charge is 2.53. The SMILES string of the molecule is CC(C)(C)[Si](OCC1(C#CC#Cc2cc3n(c2)C(=O)N(CC[C@](C)(CNOP(=O)(O)O)S(C)(=O)=O)C3)CC1)(c1ccccc1)c1ccccc1. The molecule has 266 valence electrons. The zero-order valence-corrected chi connectivity index (χ0v) is 31.7. The third-order valence-corrected chi connectivity index (χ3v) is 17.1. The first-order valence-electron chi connectivity index (χ1n) is 16.3. The van der Waals surface area contributed by atoms with Gasteiger partial charge in [-0.3, -0.25) is 4.57 Å². The lowest BCUT2D eigenvalue weighted by Crippen LogP contribution is -2.67. The number of carbonyl (C=O) groups is 1. The second kappa shape index (κ2) is 14.3. The fourth-order valence-electron chi connectivity index (χ4n) is 6.24. The molecule has 2 heterocycles. The number of hydrogen-bond acceptors (Lipinski definition) is 7. The summed E-state index contributed by atoms with van der Waals surface area (Å²) in [6.45, 7) is 8.72. The number of fused-ring (bicyclic) bond motifs is 1. The van der Waals surface area contributed by atoms with Crippen molar-refractivity contribution in [3.8, 4) is 23.7 Å². The second-order valence-electron chi connectivity index (χ2n) is 14.4. The Bertz CT molecular complexity index is 1960. The van der Waals surface area contributed by atoms with Crippen LogP contribution in [0.2, 0.25) is 5.04 Å². The molecule has 2 aromatic carbocycles. The van der Waals surface area contributed by atoms with E-state index < -0.39 is 30.7 Å². The van der Waals surface area contributed by atoms with Crippen molar-refractivity contribution in [2.75, 3.05) is 26.0 Å². The van der Waals surface area contributed by atoms with Crippen molar-refractivity contribution in [2.24, 2.45) is 5.41 Å². The van der Waals surface area contributed by atoms with Crippen LogP contribution in [0.4, 0.5) is 4.79 Å². The van der Waals surface area contributed by atoms with E-state index in [9.17, 15) is 17.8 Å². The smallest absolute Gasteiger partial charge is 0.406 e. The Morgan fingerprint density at radius 2 is 1.60 bits per heavy atom. The molecule has 1 aliphatic carbocycles. The minimum atomic E-state index is -4.84. The predicted molar refractivity (Wildman–Crippen MR) is 195 cm³/mol. The summed E-state index contributed by atoms with van der Waals surface area (Å²) in [5.74, 6) is 12.5. The fraction of sp³-hybridized carbons (Fsp3) is 0.417. The van der Waals surface area contributed by atoms with Crippen molar-refractivity contribution in [3.05, 3.63) is 84.2 Å². The van der Waals surface area contributed by atoms with Crippen molar-refractivity contribution in [1.29, 1.82) is 0 Å². The molecule has 0 unspecified atom stereocenters. The van der Waals surface area contributed by atoms with E-state index in [2.05, 4.69) is 103 Å². The lowest BCUT2D eigenvalue weighted by atomic mass is 10.1. The second-order valence-corrected chi connectivity index (χ2v) is 22.4. The molecule has 14 heteroatoms. The van der Waals surface area contributed by atoms with Gasteiger partial charge in [0.1, 0.15) is 0 Å². The van der Waals surface area contributed by atoms with Crippen LogP contribution < -0.4 is 15.9 Å². The van der Waals surface area contributed by atoms with E-state index in [1.165, 1.54) is 26.8 Å². The number of rotatable bonds is 13. The van der Waals surface area contributed by atoms with Gasteiger partial charge < -0.3 is 19.1 Å². The molecular weight excluding hydrogens is 694 g/mol. The third kappa shape index (κ3) is 8.34. The van der Waals surface area contributed by atoms with E-state index in [-0.39, 0.29) is 42.5 Å². The van der Waals surface area contributed by atoms with Gasteiger partial charge in [-0.15, -0.1) is 0 Å². The summed E-state index contributed by atoms with van der Waals surface area (Å²) in [6, 6.07) is 22.6. The zero-order valence-electron chi connectivity index (χ0n) is 29.0. The van der Waals surface area contributed by atoms with Gasteiger partial charge in [0.25, 0.3) is 8.32 Å². The molecule has 3 N–H and O–H groups in total. The molecule has 0 radical (unpaired) electrons. The molecule has 3 aromatic rings. The summed E-state index contributed by atoms with van der Waals surface area (Å²) in [6.07, 6.45) is 4.58. The van der Waals surface area contributed by atoms with Crippen molar-refractivity contribution in [3.63, 3.8) is 0 Å². The first-order chi connectivity index (χ1) is 23.4. The number of sulfone groups is 1. The average molecular weight is 738 g/mol. The molecular formula is C36H44N3O8PSSi. The average Bonchev–Trinajstić information content (AvgIpc) is 3.60. The number of amides is 1. The normalized spacial score (nSPS) is 16.9. The molecule has 1 atom stereocenters. The Kier molecular flexibility index (Phi) is 10.8. The minimum absolute atomic E-state index is 0.0176. The highest BCUT2D eigenvalue weighted by molar-refractivity contribution is 7.92. The van der Waals surface area contributed by atoms with Crippen LogP contribution >= 0.6 is 7.82 Å². The van der Waals surface area contributed by atoms with E-state index >= 15 is 0 Å². The molecule has 11 nitrogen and oxygen atoms in total. The van der Waals surface area contributed by atoms with Crippen molar-refractivity contribution >= 4 is 42.4 Å². The molecule has 1 saturated carbocycles. The molecule has 1 amide bonds. The van der Waals surface area contributed by atoms with E-state index in [0.29, 0.717) is 17.9 Å². The van der Waals surface area contributed by atoms with E-state index in [4.69, 9.17) is 14.2 Å². The molecule has 0 spiro atoms. The van der Waals surface area contributed by atoms with Crippen molar-refractivity contribution < 1.29 is 36.6 Å². The quantitative estimate of drug-likeness (QED) is 0.103. The van der Waals surface area contributed by atoms with Crippen molar-refractivity contribution in [2.45, 2.75) is 63.3 Å². The highest BCUT2D eigenvalue weighted by atomic mass is 32.2. The topological polar surface area (TPSA) is 147 Å². The van der Waals surface area contributed by atoms with Crippen LogP contribution in [0, 0.1) is 29.1 Å². The number of aromatic nitrogens is 1. The molecule has 50 heavy (non-hydrogen) atoms. The van der Waals surface area contributed by atoms with Crippen LogP contribution in [0.3, 0.4) is 0 Å². The maximum Gasteiger partial charge on any atom is 0.486 e. The number of benzene rings is 2. The number of hydrogen-bond donors (Lipinski definition) is 3. The van der Waals surface area contributed by atoms with Gasteiger partial charge in [-0.05, 0) is 59.5 Å². The Morgan fingerprint density at radius 3 is 2.10 bits per heavy atom. The van der Waals surface area contributed by atoms with Crippen LogP contribution in [0.1, 0.15) is 58.2 Å². The minimum Gasteiger partial charge on any atom is -0.406 e. The molecule has 2 aliphatic rings. The first kappa shape index (κ1) is 37.8. The Hall–Kier alpha value is -3.49. The number of phosphoric acid groups is 1. The monoisotopic (exact) mass is 737 g/mol. The van der Waals surface area contributed by atoms with Gasteiger partial charge in [0, 0.05) is 36.8 Å². The first-order valence-corrected chi connectivity index (χ1v) is 21.7. The molecule has 0 saturated heterocycles. The summed E-state index contributed by atoms with van der Waals surface area (Å²) in [4.78, 5) is 32.5. The Balaban J connectivity index is 1.24. The Morgan fingerprint density at radius 1 is 1.00 bits per heavy atom. The number of nitrogens with one attached hydrogen (secondary N) is 1. The molecule has 1 aliphatic heterocycles. The van der Waals surface area contributed by atoms with Crippen molar-refractivity contribution in [1.82, 2.24) is 14.9 Å². The number of hydroxylamine groups is 1. The molecule has 1 fully saturated rings. The van der Waals surface area contributed by atoms with Crippen LogP contribution in [-0.4, -0.2) is 72.7 Å². The van der Waals surface area contributed by atoms with Crippen LogP contribution in [0.15, 0.2) is 72.9 Å². The molecule has 1 aromatic heterocycles. The number of nitrogens with zero attached hydrogens (tertiary/aromatic N) is 2. The lowest BCUT2D eigenvalue weighted by molar-refractivity contribution is 0.117. The molecule has 5 rings (SSSR count).